The summed E-state index contributed by atoms with van der Waals surface area (Å²) in [5.41, 5.74) is 3.35. The molecule has 0 aliphatic carbocycles. The summed E-state index contributed by atoms with van der Waals surface area (Å²) >= 11 is 6.11. The van der Waals surface area contributed by atoms with Gasteiger partial charge in [-0.2, -0.15) is 0 Å². The first-order valence-electron chi connectivity index (χ1n) is 6.37. The molecule has 0 heterocycles. The summed E-state index contributed by atoms with van der Waals surface area (Å²) in [5, 5.41) is 3.96. The Morgan fingerprint density at radius 1 is 1.05 bits per heavy atom. The molecule has 0 amide bonds. The number of hydrogen-bond donors (Lipinski definition) is 1. The predicted molar refractivity (Wildman–Crippen MR) is 82.5 cm³/mol. The Balaban J connectivity index is 2.07. The highest BCUT2D eigenvalue weighted by molar-refractivity contribution is 6.32. The number of hydrogen-bond acceptors (Lipinski definition) is 3. The molecule has 3 nitrogen and oxygen atoms in total. The van der Waals surface area contributed by atoms with Crippen molar-refractivity contribution in [1.29, 1.82) is 0 Å². The normalized spacial score (nSPS) is 10.3. The number of nitrogens with one attached hydrogen (secondary N) is 1. The van der Waals surface area contributed by atoms with Gasteiger partial charge in [-0.15, -0.1) is 0 Å². The van der Waals surface area contributed by atoms with E-state index in [9.17, 15) is 0 Å². The number of methoxy groups -OCH3 is 2. The highest BCUT2D eigenvalue weighted by Gasteiger charge is 2.04. The summed E-state index contributed by atoms with van der Waals surface area (Å²) in [6.07, 6.45) is 0. The number of rotatable bonds is 6. The lowest BCUT2D eigenvalue weighted by Gasteiger charge is -2.12. The third-order valence-electron chi connectivity index (χ3n) is 3.05. The van der Waals surface area contributed by atoms with Gasteiger partial charge in [-0.1, -0.05) is 35.9 Å². The van der Waals surface area contributed by atoms with Crippen LogP contribution in [0.5, 0.6) is 5.75 Å². The van der Waals surface area contributed by atoms with Gasteiger partial charge >= 0.3 is 0 Å². The molecule has 0 saturated carbocycles. The molecule has 0 aliphatic heterocycles. The minimum absolute atomic E-state index is 0.600. The molecule has 106 valence electrons. The number of benzene rings is 2. The highest BCUT2D eigenvalue weighted by atomic mass is 35.5. The molecule has 0 radical (unpaired) electrons. The van der Waals surface area contributed by atoms with E-state index in [0.29, 0.717) is 17.4 Å². The van der Waals surface area contributed by atoms with Crippen LogP contribution in [0.25, 0.3) is 0 Å². The van der Waals surface area contributed by atoms with Gasteiger partial charge in [0, 0.05) is 19.3 Å². The second kappa shape index (κ2) is 7.17. The molecule has 1 N–H and O–H groups in total. The standard InChI is InChI=1S/C16H18ClNO2/c1-19-11-13-6-4-3-5-12(13)10-18-14-7-8-16(20-2)15(17)9-14/h3-9,18H,10-11H2,1-2H3. The van der Waals surface area contributed by atoms with E-state index in [0.717, 1.165) is 12.2 Å². The fourth-order valence-corrected chi connectivity index (χ4v) is 2.26. The second-order valence-electron chi connectivity index (χ2n) is 4.40. The number of ether oxygens (including phenoxy) is 2. The first kappa shape index (κ1) is 14.7. The van der Waals surface area contributed by atoms with Crippen molar-refractivity contribution in [2.45, 2.75) is 13.2 Å². The molecule has 0 bridgehead atoms. The van der Waals surface area contributed by atoms with E-state index in [-0.39, 0.29) is 0 Å². The van der Waals surface area contributed by atoms with Crippen LogP contribution in [0.1, 0.15) is 11.1 Å². The SMILES string of the molecule is COCc1ccccc1CNc1ccc(OC)c(Cl)c1. The first-order chi connectivity index (χ1) is 9.74. The van der Waals surface area contributed by atoms with E-state index in [2.05, 4.69) is 17.4 Å². The van der Waals surface area contributed by atoms with Crippen LogP contribution in [-0.2, 0) is 17.9 Å². The molecule has 0 atom stereocenters. The first-order valence-corrected chi connectivity index (χ1v) is 6.75. The van der Waals surface area contributed by atoms with Crippen molar-refractivity contribution in [2.24, 2.45) is 0 Å². The van der Waals surface area contributed by atoms with E-state index in [1.165, 1.54) is 11.1 Å². The molecule has 0 fully saturated rings. The molecule has 2 aromatic rings. The topological polar surface area (TPSA) is 30.5 Å². The number of anilines is 1. The van der Waals surface area contributed by atoms with Crippen molar-refractivity contribution in [2.75, 3.05) is 19.5 Å². The van der Waals surface area contributed by atoms with Gasteiger partial charge in [0.05, 0.1) is 18.7 Å². The van der Waals surface area contributed by atoms with Crippen molar-refractivity contribution in [3.63, 3.8) is 0 Å². The van der Waals surface area contributed by atoms with Gasteiger partial charge in [-0.25, -0.2) is 0 Å². The molecule has 2 rings (SSSR count). The van der Waals surface area contributed by atoms with Crippen LogP contribution < -0.4 is 10.1 Å². The average molecular weight is 292 g/mol. The second-order valence-corrected chi connectivity index (χ2v) is 4.81. The van der Waals surface area contributed by atoms with Crippen LogP contribution in [0.2, 0.25) is 5.02 Å². The van der Waals surface area contributed by atoms with Crippen molar-refractivity contribution >= 4 is 17.3 Å². The fraction of sp³-hybridized carbons (Fsp3) is 0.250. The minimum Gasteiger partial charge on any atom is -0.495 e. The van der Waals surface area contributed by atoms with Gasteiger partial charge in [0.15, 0.2) is 0 Å². The maximum Gasteiger partial charge on any atom is 0.137 e. The van der Waals surface area contributed by atoms with Crippen LogP contribution in [0.15, 0.2) is 42.5 Å². The lowest BCUT2D eigenvalue weighted by Crippen LogP contribution is -2.03. The molecule has 0 aromatic heterocycles. The molecule has 4 heteroatoms. The Labute approximate surface area is 124 Å². The van der Waals surface area contributed by atoms with E-state index < -0.39 is 0 Å². The van der Waals surface area contributed by atoms with Gasteiger partial charge < -0.3 is 14.8 Å². The summed E-state index contributed by atoms with van der Waals surface area (Å²) in [7, 11) is 3.31. The summed E-state index contributed by atoms with van der Waals surface area (Å²) < 4.78 is 10.3. The molecule has 0 saturated heterocycles. The summed E-state index contributed by atoms with van der Waals surface area (Å²) in [4.78, 5) is 0. The molecule has 0 unspecified atom stereocenters. The van der Waals surface area contributed by atoms with Crippen LogP contribution in [-0.4, -0.2) is 14.2 Å². The zero-order chi connectivity index (χ0) is 14.4. The quantitative estimate of drug-likeness (QED) is 0.869. The third-order valence-corrected chi connectivity index (χ3v) is 3.35. The molecule has 0 spiro atoms. The minimum atomic E-state index is 0.600. The smallest absolute Gasteiger partial charge is 0.137 e. The predicted octanol–water partition coefficient (Wildman–Crippen LogP) is 4.11. The van der Waals surface area contributed by atoms with Gasteiger partial charge in [0.1, 0.15) is 5.75 Å². The summed E-state index contributed by atoms with van der Waals surface area (Å²) in [6.45, 7) is 1.34. The molecule has 20 heavy (non-hydrogen) atoms. The fourth-order valence-electron chi connectivity index (χ4n) is 2.00. The van der Waals surface area contributed by atoms with Gasteiger partial charge in [0.2, 0.25) is 0 Å². The Hall–Kier alpha value is -1.71. The largest absolute Gasteiger partial charge is 0.495 e. The van der Waals surface area contributed by atoms with Gasteiger partial charge in [0.25, 0.3) is 0 Å². The van der Waals surface area contributed by atoms with E-state index in [1.54, 1.807) is 14.2 Å². The number of halogens is 1. The lowest BCUT2D eigenvalue weighted by molar-refractivity contribution is 0.184. The van der Waals surface area contributed by atoms with Crippen molar-refractivity contribution < 1.29 is 9.47 Å². The summed E-state index contributed by atoms with van der Waals surface area (Å²) in [5.74, 6) is 0.678. The molecule has 2 aromatic carbocycles. The lowest BCUT2D eigenvalue weighted by atomic mass is 10.1. The van der Waals surface area contributed by atoms with Crippen molar-refractivity contribution in [3.05, 3.63) is 58.6 Å². The van der Waals surface area contributed by atoms with E-state index >= 15 is 0 Å². The van der Waals surface area contributed by atoms with Gasteiger partial charge in [-0.3, -0.25) is 0 Å². The zero-order valence-corrected chi connectivity index (χ0v) is 12.4. The third kappa shape index (κ3) is 3.65. The van der Waals surface area contributed by atoms with Gasteiger partial charge in [-0.05, 0) is 29.3 Å². The van der Waals surface area contributed by atoms with Crippen LogP contribution in [0.3, 0.4) is 0 Å². The Morgan fingerprint density at radius 2 is 1.80 bits per heavy atom. The average Bonchev–Trinajstić information content (AvgIpc) is 2.47. The summed E-state index contributed by atoms with van der Waals surface area (Å²) in [6, 6.07) is 13.9. The molecular formula is C16H18ClNO2. The van der Waals surface area contributed by atoms with Crippen molar-refractivity contribution in [1.82, 2.24) is 0 Å². The highest BCUT2D eigenvalue weighted by Crippen LogP contribution is 2.27. The van der Waals surface area contributed by atoms with E-state index in [4.69, 9.17) is 21.1 Å². The van der Waals surface area contributed by atoms with Crippen LogP contribution >= 0.6 is 11.6 Å². The Kier molecular flexibility index (Phi) is 5.27. The van der Waals surface area contributed by atoms with Crippen molar-refractivity contribution in [3.8, 4) is 5.75 Å². The maximum absolute atomic E-state index is 6.11. The Bertz CT molecular complexity index is 572. The van der Waals surface area contributed by atoms with Crippen LogP contribution in [0.4, 0.5) is 5.69 Å². The monoisotopic (exact) mass is 291 g/mol. The zero-order valence-electron chi connectivity index (χ0n) is 11.7. The maximum atomic E-state index is 6.11. The molecule has 0 aliphatic rings. The van der Waals surface area contributed by atoms with E-state index in [1.807, 2.05) is 30.3 Å². The molecular weight excluding hydrogens is 274 g/mol. The Morgan fingerprint density at radius 3 is 2.45 bits per heavy atom. The van der Waals surface area contributed by atoms with Crippen LogP contribution in [0, 0.1) is 0 Å².